The molecule has 0 unspecified atom stereocenters. The van der Waals surface area contributed by atoms with Crippen LogP contribution in [0.4, 0.5) is 0 Å². The molecule has 72 valence electrons. The first-order valence-corrected chi connectivity index (χ1v) is 3.84. The summed E-state index contributed by atoms with van der Waals surface area (Å²) >= 11 is 0. The average molecular weight is 174 g/mol. The molecular formula is C9H18O3. The highest BCUT2D eigenvalue weighted by molar-refractivity contribution is 4.68. The van der Waals surface area contributed by atoms with Crippen LogP contribution in [0.15, 0.2) is 25.3 Å². The molecule has 2 N–H and O–H groups in total. The van der Waals surface area contributed by atoms with Gasteiger partial charge in [0.05, 0.1) is 13.2 Å². The maximum absolute atomic E-state index is 7.92. The van der Waals surface area contributed by atoms with E-state index in [1.54, 1.807) is 19.1 Å². The van der Waals surface area contributed by atoms with Gasteiger partial charge in [0.15, 0.2) is 6.29 Å². The lowest BCUT2D eigenvalue weighted by Crippen LogP contribution is -1.99. The van der Waals surface area contributed by atoms with Crippen molar-refractivity contribution in [2.75, 3.05) is 13.2 Å². The van der Waals surface area contributed by atoms with Crippen LogP contribution in [0.3, 0.4) is 0 Å². The Balaban J connectivity index is 0. The van der Waals surface area contributed by atoms with Gasteiger partial charge >= 0.3 is 0 Å². The van der Waals surface area contributed by atoms with E-state index in [9.17, 15) is 0 Å². The second-order valence-electron chi connectivity index (χ2n) is 2.00. The average Bonchev–Trinajstić information content (AvgIpc) is 2.07. The fourth-order valence-corrected chi connectivity index (χ4v) is 0.235. The van der Waals surface area contributed by atoms with Crippen LogP contribution in [0.25, 0.3) is 0 Å². The fourth-order valence-electron chi connectivity index (χ4n) is 0.235. The third-order valence-corrected chi connectivity index (χ3v) is 0.837. The van der Waals surface area contributed by atoms with E-state index in [2.05, 4.69) is 13.2 Å². The first kappa shape index (κ1) is 13.9. The molecule has 0 aliphatic rings. The van der Waals surface area contributed by atoms with E-state index in [1.807, 2.05) is 0 Å². The van der Waals surface area contributed by atoms with E-state index >= 15 is 0 Å². The molecule has 0 rings (SSSR count). The topological polar surface area (TPSA) is 49.7 Å². The van der Waals surface area contributed by atoms with E-state index in [0.717, 1.165) is 0 Å². The minimum Gasteiger partial charge on any atom is -0.373 e. The summed E-state index contributed by atoms with van der Waals surface area (Å²) in [6.45, 7) is 9.88. The zero-order chi connectivity index (χ0) is 9.82. The molecule has 0 aromatic carbocycles. The molecule has 0 heterocycles. The summed E-state index contributed by atoms with van der Waals surface area (Å²) < 4.78 is 4.90. The van der Waals surface area contributed by atoms with Crippen LogP contribution < -0.4 is 0 Å². The first-order chi connectivity index (χ1) is 5.68. The van der Waals surface area contributed by atoms with Crippen molar-refractivity contribution in [1.29, 1.82) is 0 Å². The number of hydrogen-bond acceptors (Lipinski definition) is 3. The van der Waals surface area contributed by atoms with Crippen LogP contribution in [-0.2, 0) is 4.74 Å². The fraction of sp³-hybridized carbons (Fsp3) is 0.556. The summed E-state index contributed by atoms with van der Waals surface area (Å²) in [4.78, 5) is 0. The maximum atomic E-state index is 7.92. The SMILES string of the molecule is C=CCOCC=C.CCC(O)O. The lowest BCUT2D eigenvalue weighted by atomic mass is 10.5. The summed E-state index contributed by atoms with van der Waals surface area (Å²) in [5.41, 5.74) is 0. The number of aliphatic hydroxyl groups is 2. The summed E-state index contributed by atoms with van der Waals surface area (Å²) in [6, 6.07) is 0. The molecular weight excluding hydrogens is 156 g/mol. The highest BCUT2D eigenvalue weighted by Gasteiger charge is 1.83. The maximum Gasteiger partial charge on any atom is 0.151 e. The van der Waals surface area contributed by atoms with Gasteiger partial charge in [-0.1, -0.05) is 19.1 Å². The van der Waals surface area contributed by atoms with Crippen molar-refractivity contribution >= 4 is 0 Å². The molecule has 12 heavy (non-hydrogen) atoms. The Morgan fingerprint density at radius 2 is 1.58 bits per heavy atom. The Labute approximate surface area is 74.0 Å². The van der Waals surface area contributed by atoms with E-state index in [4.69, 9.17) is 14.9 Å². The number of aliphatic hydroxyl groups excluding tert-OH is 1. The second kappa shape index (κ2) is 13.0. The van der Waals surface area contributed by atoms with Gasteiger partial charge in [-0.25, -0.2) is 0 Å². The first-order valence-electron chi connectivity index (χ1n) is 3.84. The van der Waals surface area contributed by atoms with Gasteiger partial charge in [-0.15, -0.1) is 13.2 Å². The van der Waals surface area contributed by atoms with Crippen molar-refractivity contribution in [3.8, 4) is 0 Å². The Morgan fingerprint density at radius 3 is 1.75 bits per heavy atom. The summed E-state index contributed by atoms with van der Waals surface area (Å²) in [5, 5.41) is 15.8. The third kappa shape index (κ3) is 22.8. The quantitative estimate of drug-likeness (QED) is 0.372. The van der Waals surface area contributed by atoms with Crippen LogP contribution in [0.5, 0.6) is 0 Å². The van der Waals surface area contributed by atoms with Crippen LogP contribution >= 0.6 is 0 Å². The molecule has 3 nitrogen and oxygen atoms in total. The van der Waals surface area contributed by atoms with Crippen LogP contribution in [0.1, 0.15) is 13.3 Å². The second-order valence-corrected chi connectivity index (χ2v) is 2.00. The predicted molar refractivity (Wildman–Crippen MR) is 49.7 cm³/mol. The lowest BCUT2D eigenvalue weighted by molar-refractivity contribution is -0.0413. The molecule has 0 aliphatic carbocycles. The Hall–Kier alpha value is -0.640. The molecule has 0 radical (unpaired) electrons. The molecule has 0 fully saturated rings. The van der Waals surface area contributed by atoms with Gasteiger partial charge in [0.1, 0.15) is 0 Å². The highest BCUT2D eigenvalue weighted by Crippen LogP contribution is 1.77. The normalized spacial score (nSPS) is 8.67. The molecule has 0 atom stereocenters. The number of ether oxygens (including phenoxy) is 1. The van der Waals surface area contributed by atoms with E-state index in [1.165, 1.54) is 0 Å². The van der Waals surface area contributed by atoms with Crippen molar-refractivity contribution in [1.82, 2.24) is 0 Å². The van der Waals surface area contributed by atoms with Crippen LogP contribution in [0, 0.1) is 0 Å². The van der Waals surface area contributed by atoms with Crippen LogP contribution in [0.2, 0.25) is 0 Å². The molecule has 0 spiro atoms. The lowest BCUT2D eigenvalue weighted by Gasteiger charge is -1.90. The smallest absolute Gasteiger partial charge is 0.151 e. The number of rotatable bonds is 5. The summed E-state index contributed by atoms with van der Waals surface area (Å²) in [5.74, 6) is 0. The largest absolute Gasteiger partial charge is 0.373 e. The zero-order valence-corrected chi connectivity index (χ0v) is 7.57. The highest BCUT2D eigenvalue weighted by atomic mass is 16.5. The summed E-state index contributed by atoms with van der Waals surface area (Å²) in [6.07, 6.45) is 2.72. The number of hydrogen-bond donors (Lipinski definition) is 2. The molecule has 0 aromatic heterocycles. The molecule has 0 saturated heterocycles. The zero-order valence-electron chi connectivity index (χ0n) is 7.57. The standard InChI is InChI=1S/C6H10O.C3H8O2/c1-3-5-7-6-4-2;1-2-3(4)5/h3-4H,1-2,5-6H2;3-5H,2H2,1H3. The van der Waals surface area contributed by atoms with E-state index in [0.29, 0.717) is 19.6 Å². The van der Waals surface area contributed by atoms with Gasteiger partial charge in [0.2, 0.25) is 0 Å². The molecule has 0 amide bonds. The molecule has 0 saturated carbocycles. The van der Waals surface area contributed by atoms with E-state index in [-0.39, 0.29) is 0 Å². The van der Waals surface area contributed by atoms with Crippen molar-refractivity contribution < 1.29 is 14.9 Å². The molecule has 0 aromatic rings. The summed E-state index contributed by atoms with van der Waals surface area (Å²) in [7, 11) is 0. The third-order valence-electron chi connectivity index (χ3n) is 0.837. The van der Waals surface area contributed by atoms with Crippen molar-refractivity contribution in [2.24, 2.45) is 0 Å². The Morgan fingerprint density at radius 1 is 1.25 bits per heavy atom. The van der Waals surface area contributed by atoms with Gasteiger partial charge in [0, 0.05) is 0 Å². The van der Waals surface area contributed by atoms with Crippen LogP contribution in [-0.4, -0.2) is 29.7 Å². The monoisotopic (exact) mass is 174 g/mol. The Bertz CT molecular complexity index is 91.9. The van der Waals surface area contributed by atoms with E-state index < -0.39 is 6.29 Å². The van der Waals surface area contributed by atoms with Gasteiger partial charge in [-0.3, -0.25) is 0 Å². The predicted octanol–water partition coefficient (Wildman–Crippen LogP) is 1.08. The van der Waals surface area contributed by atoms with Crippen molar-refractivity contribution in [3.63, 3.8) is 0 Å². The molecule has 0 bridgehead atoms. The Kier molecular flexibility index (Phi) is 15.1. The van der Waals surface area contributed by atoms with Gasteiger partial charge in [-0.2, -0.15) is 0 Å². The van der Waals surface area contributed by atoms with Crippen molar-refractivity contribution in [2.45, 2.75) is 19.6 Å². The minimum atomic E-state index is -1.12. The van der Waals surface area contributed by atoms with Gasteiger partial charge < -0.3 is 14.9 Å². The van der Waals surface area contributed by atoms with Gasteiger partial charge in [-0.05, 0) is 6.42 Å². The minimum absolute atomic E-state index is 0.417. The van der Waals surface area contributed by atoms with Gasteiger partial charge in [0.25, 0.3) is 0 Å². The molecule has 3 heteroatoms. The molecule has 0 aliphatic heterocycles. The van der Waals surface area contributed by atoms with Crippen molar-refractivity contribution in [3.05, 3.63) is 25.3 Å².